The summed E-state index contributed by atoms with van der Waals surface area (Å²) in [5.74, 6) is 0.520. The summed E-state index contributed by atoms with van der Waals surface area (Å²) in [5, 5.41) is 14.3. The van der Waals surface area contributed by atoms with Crippen LogP contribution in [0.3, 0.4) is 0 Å². The lowest BCUT2D eigenvalue weighted by atomic mass is 10.1. The third kappa shape index (κ3) is 4.88. The van der Waals surface area contributed by atoms with Gasteiger partial charge < -0.3 is 5.32 Å². The molecular weight excluding hydrogens is 426 g/mol. The van der Waals surface area contributed by atoms with Crippen LogP contribution in [0.15, 0.2) is 53.7 Å². The van der Waals surface area contributed by atoms with Gasteiger partial charge in [0.2, 0.25) is 5.91 Å². The Morgan fingerprint density at radius 1 is 1.12 bits per heavy atom. The number of nitrogens with one attached hydrogen (secondary N) is 2. The predicted octanol–water partition coefficient (Wildman–Crippen LogP) is 3.00. The summed E-state index contributed by atoms with van der Waals surface area (Å²) in [6.07, 6.45) is 0.507. The van der Waals surface area contributed by atoms with Crippen LogP contribution in [0.25, 0.3) is 5.69 Å². The van der Waals surface area contributed by atoms with Crippen molar-refractivity contribution in [3.63, 3.8) is 0 Å². The highest BCUT2D eigenvalue weighted by molar-refractivity contribution is 7.99. The molecule has 9 heteroatoms. The molecule has 164 valence electrons. The molecule has 4 rings (SSSR count). The average molecular weight is 450 g/mol. The Balaban J connectivity index is 1.64. The van der Waals surface area contributed by atoms with E-state index in [1.54, 1.807) is 12.1 Å². The van der Waals surface area contributed by atoms with Gasteiger partial charge in [0.15, 0.2) is 10.9 Å². The number of thioether (sulfide) groups is 1. The van der Waals surface area contributed by atoms with Gasteiger partial charge >= 0.3 is 6.03 Å². The number of carbonyl (C=O) groups excluding carboxylic acids is 3. The lowest BCUT2D eigenvalue weighted by Gasteiger charge is -2.23. The molecule has 3 amide bonds. The number of carbonyl (C=O) groups is 3. The van der Waals surface area contributed by atoms with Gasteiger partial charge in [0, 0.05) is 24.4 Å². The van der Waals surface area contributed by atoms with Crippen LogP contribution in [0.5, 0.6) is 0 Å². The molecule has 2 N–H and O–H groups in total. The van der Waals surface area contributed by atoms with Gasteiger partial charge in [0.25, 0.3) is 0 Å². The number of urea groups is 1. The summed E-state index contributed by atoms with van der Waals surface area (Å²) in [5.41, 5.74) is 3.66. The lowest BCUT2D eigenvalue weighted by Crippen LogP contribution is -2.53. The summed E-state index contributed by atoms with van der Waals surface area (Å²) < 4.78 is 1.92. The molecule has 0 bridgehead atoms. The molecule has 1 aliphatic heterocycles. The van der Waals surface area contributed by atoms with Crippen LogP contribution in [0.4, 0.5) is 4.79 Å². The number of Topliss-reactive ketones (excluding diaryl/α,β-unsaturated/α-hetero) is 1. The number of benzene rings is 2. The highest BCUT2D eigenvalue weighted by atomic mass is 32.2. The Bertz CT molecular complexity index is 1160. The number of hydrogen-bond donors (Lipinski definition) is 2. The number of aryl methyl sites for hydroxylation is 2. The molecule has 0 aliphatic carbocycles. The number of imide groups is 1. The van der Waals surface area contributed by atoms with E-state index in [1.165, 1.54) is 11.8 Å². The zero-order valence-corrected chi connectivity index (χ0v) is 18.6. The van der Waals surface area contributed by atoms with Crippen LogP contribution >= 0.6 is 11.8 Å². The summed E-state index contributed by atoms with van der Waals surface area (Å²) in [6, 6.07) is 14.3. The van der Waals surface area contributed by atoms with E-state index in [-0.39, 0.29) is 29.9 Å². The maximum Gasteiger partial charge on any atom is 0.321 e. The van der Waals surface area contributed by atoms with E-state index in [4.69, 9.17) is 0 Å². The summed E-state index contributed by atoms with van der Waals surface area (Å²) in [6.45, 7) is 4.00. The Morgan fingerprint density at radius 3 is 2.66 bits per heavy atom. The van der Waals surface area contributed by atoms with E-state index in [0.29, 0.717) is 23.0 Å². The average Bonchev–Trinajstić information content (AvgIpc) is 3.15. The second kappa shape index (κ2) is 9.35. The van der Waals surface area contributed by atoms with Gasteiger partial charge in [-0.1, -0.05) is 54.2 Å². The molecule has 0 saturated carbocycles. The van der Waals surface area contributed by atoms with E-state index in [2.05, 4.69) is 20.8 Å². The van der Waals surface area contributed by atoms with Crippen LogP contribution < -0.4 is 10.6 Å². The van der Waals surface area contributed by atoms with Crippen molar-refractivity contribution in [3.8, 4) is 5.69 Å². The van der Waals surface area contributed by atoms with E-state index in [1.807, 2.05) is 54.8 Å². The van der Waals surface area contributed by atoms with Crippen molar-refractivity contribution >= 4 is 29.5 Å². The quantitative estimate of drug-likeness (QED) is 0.424. The molecule has 1 fully saturated rings. The molecule has 32 heavy (non-hydrogen) atoms. The molecule has 1 saturated heterocycles. The van der Waals surface area contributed by atoms with Gasteiger partial charge in [-0.05, 0) is 31.0 Å². The molecule has 8 nitrogen and oxygen atoms in total. The fraction of sp³-hybridized carbons (Fsp3) is 0.261. The normalized spacial score (nSPS) is 15.9. The number of hydrogen-bond acceptors (Lipinski definition) is 6. The minimum absolute atomic E-state index is 0.00359. The maximum absolute atomic E-state index is 12.6. The fourth-order valence-electron chi connectivity index (χ4n) is 3.58. The first-order valence-electron chi connectivity index (χ1n) is 10.2. The molecule has 2 aromatic carbocycles. The summed E-state index contributed by atoms with van der Waals surface area (Å²) >= 11 is 1.32. The van der Waals surface area contributed by atoms with Crippen LogP contribution in [-0.4, -0.2) is 44.3 Å². The lowest BCUT2D eigenvalue weighted by molar-refractivity contribution is -0.121. The topological polar surface area (TPSA) is 106 Å². The number of nitrogens with zero attached hydrogens (tertiary/aromatic N) is 3. The zero-order valence-electron chi connectivity index (χ0n) is 17.8. The highest BCUT2D eigenvalue weighted by Crippen LogP contribution is 2.27. The number of aromatic nitrogens is 3. The van der Waals surface area contributed by atoms with Crippen LogP contribution in [-0.2, 0) is 11.2 Å². The van der Waals surface area contributed by atoms with Crippen LogP contribution in [0.2, 0.25) is 0 Å². The Hall–Kier alpha value is -3.46. The largest absolute Gasteiger partial charge is 0.334 e. The minimum atomic E-state index is -0.507. The van der Waals surface area contributed by atoms with Gasteiger partial charge in [-0.25, -0.2) is 4.79 Å². The second-order valence-corrected chi connectivity index (χ2v) is 8.67. The monoisotopic (exact) mass is 449 g/mol. The zero-order chi connectivity index (χ0) is 22.7. The molecule has 1 aromatic heterocycles. The van der Waals surface area contributed by atoms with Gasteiger partial charge in [0.1, 0.15) is 5.82 Å². The molecule has 1 unspecified atom stereocenters. The van der Waals surface area contributed by atoms with Crippen molar-refractivity contribution in [2.24, 2.45) is 0 Å². The highest BCUT2D eigenvalue weighted by Gasteiger charge is 2.27. The van der Waals surface area contributed by atoms with Crippen molar-refractivity contribution in [1.82, 2.24) is 25.4 Å². The molecule has 1 aliphatic rings. The first kappa shape index (κ1) is 21.8. The molecule has 0 spiro atoms. The standard InChI is InChI=1S/C23H23N5O3S/c1-14-8-9-15(2)18(10-14)28-20(11-17-12-21(30)25-22(31)24-17)26-27-23(28)32-13-19(29)16-6-4-3-5-7-16/h3-10,17H,11-13H2,1-2H3,(H2,24,25,30,31). The number of amides is 3. The SMILES string of the molecule is Cc1ccc(C)c(-n2c(CC3CC(=O)NC(=O)N3)nnc2SCC(=O)c2ccccc2)c1. The Kier molecular flexibility index (Phi) is 6.36. The summed E-state index contributed by atoms with van der Waals surface area (Å²) in [7, 11) is 0. The second-order valence-electron chi connectivity index (χ2n) is 7.73. The van der Waals surface area contributed by atoms with Crippen molar-refractivity contribution in [1.29, 1.82) is 0 Å². The molecular formula is C23H23N5O3S. The van der Waals surface area contributed by atoms with Gasteiger partial charge in [-0.3, -0.25) is 19.5 Å². The van der Waals surface area contributed by atoms with Crippen LogP contribution in [0, 0.1) is 13.8 Å². The Labute approximate surface area is 189 Å². The smallest absolute Gasteiger partial charge is 0.321 e. The van der Waals surface area contributed by atoms with Crippen molar-refractivity contribution in [2.75, 3.05) is 5.75 Å². The van der Waals surface area contributed by atoms with Gasteiger partial charge in [-0.15, -0.1) is 10.2 Å². The molecule has 2 heterocycles. The van der Waals surface area contributed by atoms with E-state index in [0.717, 1.165) is 16.8 Å². The third-order valence-electron chi connectivity index (χ3n) is 5.18. The predicted molar refractivity (Wildman–Crippen MR) is 121 cm³/mol. The first-order valence-corrected chi connectivity index (χ1v) is 11.2. The van der Waals surface area contributed by atoms with Gasteiger partial charge in [0.05, 0.1) is 11.4 Å². The molecule has 3 aromatic rings. The Morgan fingerprint density at radius 2 is 1.91 bits per heavy atom. The number of ketones is 1. The van der Waals surface area contributed by atoms with E-state index in [9.17, 15) is 14.4 Å². The van der Waals surface area contributed by atoms with E-state index < -0.39 is 6.03 Å². The molecule has 1 atom stereocenters. The first-order chi connectivity index (χ1) is 15.4. The van der Waals surface area contributed by atoms with Crippen molar-refractivity contribution in [2.45, 2.75) is 37.9 Å². The minimum Gasteiger partial charge on any atom is -0.334 e. The maximum atomic E-state index is 12.6. The van der Waals surface area contributed by atoms with Crippen LogP contribution in [0.1, 0.15) is 33.7 Å². The third-order valence-corrected chi connectivity index (χ3v) is 6.11. The fourth-order valence-corrected chi connectivity index (χ4v) is 4.44. The van der Waals surface area contributed by atoms with Crippen molar-refractivity contribution in [3.05, 3.63) is 71.0 Å². The summed E-state index contributed by atoms with van der Waals surface area (Å²) in [4.78, 5) is 36.1. The number of rotatable bonds is 7. The van der Waals surface area contributed by atoms with Gasteiger partial charge in [-0.2, -0.15) is 0 Å². The van der Waals surface area contributed by atoms with E-state index >= 15 is 0 Å². The van der Waals surface area contributed by atoms with Crippen molar-refractivity contribution < 1.29 is 14.4 Å². The molecule has 0 radical (unpaired) electrons.